The van der Waals surface area contributed by atoms with Crippen LogP contribution in [-0.4, -0.2) is 24.5 Å². The van der Waals surface area contributed by atoms with Gasteiger partial charge in [0.2, 0.25) is 0 Å². The van der Waals surface area contributed by atoms with E-state index in [9.17, 15) is 4.39 Å². The Morgan fingerprint density at radius 2 is 1.92 bits per heavy atom. The van der Waals surface area contributed by atoms with Crippen molar-refractivity contribution in [3.8, 4) is 0 Å². The molecular formula is C20H24FIN4. The number of aryl methyl sites for hydroxylation is 1. The third kappa shape index (κ3) is 5.20. The molecule has 3 N–H and O–H groups in total. The van der Waals surface area contributed by atoms with Gasteiger partial charge < -0.3 is 15.6 Å². The van der Waals surface area contributed by atoms with Crippen LogP contribution in [0.5, 0.6) is 0 Å². The van der Waals surface area contributed by atoms with Gasteiger partial charge in [0, 0.05) is 24.8 Å². The van der Waals surface area contributed by atoms with E-state index in [2.05, 4.69) is 38.8 Å². The lowest BCUT2D eigenvalue weighted by molar-refractivity contribution is 0.625. The summed E-state index contributed by atoms with van der Waals surface area (Å²) >= 11 is 0. The minimum Gasteiger partial charge on any atom is -0.357 e. The number of para-hydroxylation sites is 1. The number of aromatic amines is 1. The van der Waals surface area contributed by atoms with Gasteiger partial charge in [0.25, 0.3) is 0 Å². The van der Waals surface area contributed by atoms with E-state index in [1.54, 1.807) is 13.1 Å². The van der Waals surface area contributed by atoms with Crippen LogP contribution in [0.3, 0.4) is 0 Å². The van der Waals surface area contributed by atoms with Gasteiger partial charge >= 0.3 is 0 Å². The van der Waals surface area contributed by atoms with E-state index in [1.165, 1.54) is 11.5 Å². The summed E-state index contributed by atoms with van der Waals surface area (Å²) in [5.74, 6) is 0.559. The average Bonchev–Trinajstić information content (AvgIpc) is 3.02. The molecule has 0 fully saturated rings. The van der Waals surface area contributed by atoms with Crippen molar-refractivity contribution in [2.75, 3.05) is 13.6 Å². The van der Waals surface area contributed by atoms with Crippen molar-refractivity contribution < 1.29 is 4.39 Å². The number of aliphatic imine (C=N–C) groups is 1. The Labute approximate surface area is 170 Å². The summed E-state index contributed by atoms with van der Waals surface area (Å²) in [7, 11) is 1.75. The van der Waals surface area contributed by atoms with E-state index in [-0.39, 0.29) is 29.8 Å². The first-order valence-electron chi connectivity index (χ1n) is 8.42. The molecule has 3 aromatic rings. The molecule has 0 amide bonds. The molecule has 0 aliphatic rings. The van der Waals surface area contributed by atoms with Gasteiger partial charge in [0.05, 0.1) is 6.54 Å². The maximum Gasteiger partial charge on any atom is 0.191 e. The topological polar surface area (TPSA) is 52.2 Å². The van der Waals surface area contributed by atoms with Crippen LogP contribution in [0, 0.1) is 12.7 Å². The molecule has 0 spiro atoms. The number of aromatic nitrogens is 1. The number of hydrogen-bond acceptors (Lipinski definition) is 1. The lowest BCUT2D eigenvalue weighted by Gasteiger charge is -2.12. The summed E-state index contributed by atoms with van der Waals surface area (Å²) in [5, 5.41) is 7.80. The molecule has 138 valence electrons. The molecule has 1 heterocycles. The lowest BCUT2D eigenvalue weighted by atomic mass is 10.1. The van der Waals surface area contributed by atoms with Gasteiger partial charge in [0.15, 0.2) is 5.96 Å². The molecule has 0 saturated carbocycles. The first kappa shape index (κ1) is 20.2. The number of benzene rings is 2. The first-order chi connectivity index (χ1) is 12.2. The molecular weight excluding hydrogens is 442 g/mol. The highest BCUT2D eigenvalue weighted by Gasteiger charge is 2.03. The van der Waals surface area contributed by atoms with E-state index in [0.29, 0.717) is 6.54 Å². The van der Waals surface area contributed by atoms with Gasteiger partial charge in [-0.15, -0.1) is 24.0 Å². The van der Waals surface area contributed by atoms with Crippen molar-refractivity contribution >= 4 is 40.8 Å². The fourth-order valence-corrected chi connectivity index (χ4v) is 2.88. The van der Waals surface area contributed by atoms with Gasteiger partial charge in [-0.05, 0) is 54.1 Å². The zero-order valence-electron chi connectivity index (χ0n) is 15.0. The van der Waals surface area contributed by atoms with Crippen LogP contribution in [0.15, 0.2) is 53.5 Å². The Morgan fingerprint density at radius 1 is 1.12 bits per heavy atom. The molecule has 3 rings (SSSR count). The van der Waals surface area contributed by atoms with E-state index in [0.717, 1.165) is 41.3 Å². The normalized spacial score (nSPS) is 11.3. The highest BCUT2D eigenvalue weighted by molar-refractivity contribution is 14.0. The molecule has 0 atom stereocenters. The molecule has 0 bridgehead atoms. The van der Waals surface area contributed by atoms with Crippen LogP contribution in [0.4, 0.5) is 4.39 Å². The number of nitrogens with zero attached hydrogens (tertiary/aromatic N) is 1. The fourth-order valence-electron chi connectivity index (χ4n) is 2.88. The number of nitrogens with one attached hydrogen (secondary N) is 3. The van der Waals surface area contributed by atoms with Crippen LogP contribution >= 0.6 is 24.0 Å². The average molecular weight is 466 g/mol. The molecule has 0 aliphatic heterocycles. The maximum absolute atomic E-state index is 13.1. The van der Waals surface area contributed by atoms with E-state index in [4.69, 9.17) is 0 Å². The van der Waals surface area contributed by atoms with E-state index >= 15 is 0 Å². The quantitative estimate of drug-likeness (QED) is 0.301. The van der Waals surface area contributed by atoms with Crippen LogP contribution in [0.2, 0.25) is 0 Å². The largest absolute Gasteiger partial charge is 0.357 e. The van der Waals surface area contributed by atoms with Crippen molar-refractivity contribution in [3.63, 3.8) is 0 Å². The SMILES string of the molecule is CN=C(NCCc1ccc(F)cc1C)NCc1cc2ccccc2[nH]1.I. The molecule has 0 radical (unpaired) electrons. The van der Waals surface area contributed by atoms with Gasteiger partial charge in [-0.1, -0.05) is 24.3 Å². The Bertz CT molecular complexity index is 855. The summed E-state index contributed by atoms with van der Waals surface area (Å²) in [4.78, 5) is 7.63. The summed E-state index contributed by atoms with van der Waals surface area (Å²) in [6.07, 6.45) is 0.819. The molecule has 4 nitrogen and oxygen atoms in total. The molecule has 26 heavy (non-hydrogen) atoms. The standard InChI is InChI=1S/C20H23FN4.HI/c1-14-11-17(21)8-7-15(14)9-10-23-20(22-2)24-13-18-12-16-5-3-4-6-19(16)25-18;/h3-8,11-12,25H,9-10,13H2,1-2H3,(H2,22,23,24);1H. The van der Waals surface area contributed by atoms with Gasteiger partial charge in [-0.2, -0.15) is 0 Å². The molecule has 2 aromatic carbocycles. The second kappa shape index (κ2) is 9.56. The number of halogens is 2. The van der Waals surface area contributed by atoms with Crippen molar-refractivity contribution in [2.24, 2.45) is 4.99 Å². The Hall–Kier alpha value is -2.09. The predicted octanol–water partition coefficient (Wildman–Crippen LogP) is 4.14. The van der Waals surface area contributed by atoms with Crippen molar-refractivity contribution in [3.05, 3.63) is 71.2 Å². The number of rotatable bonds is 5. The predicted molar refractivity (Wildman–Crippen MR) is 117 cm³/mol. The summed E-state index contributed by atoms with van der Waals surface area (Å²) in [5.41, 5.74) is 4.36. The summed E-state index contributed by atoms with van der Waals surface area (Å²) < 4.78 is 13.1. The monoisotopic (exact) mass is 466 g/mol. The second-order valence-electron chi connectivity index (χ2n) is 6.06. The maximum atomic E-state index is 13.1. The third-order valence-electron chi connectivity index (χ3n) is 4.25. The third-order valence-corrected chi connectivity index (χ3v) is 4.25. The van der Waals surface area contributed by atoms with Crippen LogP contribution in [0.25, 0.3) is 10.9 Å². The van der Waals surface area contributed by atoms with Crippen molar-refractivity contribution in [2.45, 2.75) is 19.9 Å². The van der Waals surface area contributed by atoms with Gasteiger partial charge in [0.1, 0.15) is 5.82 Å². The highest BCUT2D eigenvalue weighted by atomic mass is 127. The van der Waals surface area contributed by atoms with Gasteiger partial charge in [-0.25, -0.2) is 4.39 Å². The molecule has 0 aliphatic carbocycles. The molecule has 0 saturated heterocycles. The Kier molecular flexibility index (Phi) is 7.44. The lowest BCUT2D eigenvalue weighted by Crippen LogP contribution is -2.38. The Morgan fingerprint density at radius 3 is 2.65 bits per heavy atom. The zero-order valence-corrected chi connectivity index (χ0v) is 17.3. The second-order valence-corrected chi connectivity index (χ2v) is 6.06. The smallest absolute Gasteiger partial charge is 0.191 e. The van der Waals surface area contributed by atoms with Crippen molar-refractivity contribution in [1.82, 2.24) is 15.6 Å². The van der Waals surface area contributed by atoms with Gasteiger partial charge in [-0.3, -0.25) is 4.99 Å². The van der Waals surface area contributed by atoms with Crippen LogP contribution in [-0.2, 0) is 13.0 Å². The molecule has 0 unspecified atom stereocenters. The molecule has 6 heteroatoms. The number of fused-ring (bicyclic) bond motifs is 1. The number of H-pyrrole nitrogens is 1. The zero-order chi connectivity index (χ0) is 17.6. The van der Waals surface area contributed by atoms with E-state index < -0.39 is 0 Å². The van der Waals surface area contributed by atoms with Crippen LogP contribution in [0.1, 0.15) is 16.8 Å². The first-order valence-corrected chi connectivity index (χ1v) is 8.42. The van der Waals surface area contributed by atoms with Crippen molar-refractivity contribution in [1.29, 1.82) is 0 Å². The number of hydrogen-bond donors (Lipinski definition) is 3. The summed E-state index contributed by atoms with van der Waals surface area (Å²) in [6, 6.07) is 15.3. The van der Waals surface area contributed by atoms with Crippen LogP contribution < -0.4 is 10.6 Å². The fraction of sp³-hybridized carbons (Fsp3) is 0.250. The highest BCUT2D eigenvalue weighted by Crippen LogP contribution is 2.14. The number of guanidine groups is 1. The minimum absolute atomic E-state index is 0. The van der Waals surface area contributed by atoms with E-state index in [1.807, 2.05) is 25.1 Å². The Balaban J connectivity index is 0.00000243. The molecule has 1 aromatic heterocycles. The minimum atomic E-state index is -0.190. The summed E-state index contributed by atoms with van der Waals surface area (Å²) in [6.45, 7) is 3.34.